The van der Waals surface area contributed by atoms with Gasteiger partial charge in [-0.2, -0.15) is 10.2 Å². The van der Waals surface area contributed by atoms with E-state index in [1.165, 1.54) is 29.0 Å². The first-order valence-corrected chi connectivity index (χ1v) is 26.2. The summed E-state index contributed by atoms with van der Waals surface area (Å²) in [7, 11) is 1.07. The molecule has 0 aliphatic carbocycles. The van der Waals surface area contributed by atoms with E-state index < -0.39 is 81.9 Å². The number of amides is 1. The van der Waals surface area contributed by atoms with Crippen LogP contribution in [-0.4, -0.2) is 123 Å². The topological polar surface area (TPSA) is 227 Å². The highest BCUT2D eigenvalue weighted by molar-refractivity contribution is 7.44. The number of ether oxygens (including phenoxy) is 9. The molecule has 2 heterocycles. The highest BCUT2D eigenvalue weighted by Gasteiger charge is 2.52. The van der Waals surface area contributed by atoms with E-state index in [0.717, 1.165) is 5.56 Å². The summed E-state index contributed by atoms with van der Waals surface area (Å²) in [6.07, 6.45) is -4.54. The third-order valence-electron chi connectivity index (χ3n) is 11.9. The Balaban J connectivity index is 1.52. The number of nitriles is 1. The molecule has 1 N–H and O–H groups in total. The van der Waals surface area contributed by atoms with Gasteiger partial charge < -0.3 is 57.0 Å². The number of hydrogen-bond acceptors (Lipinski definition) is 18. The standard InChI is InChI=1S/C57H66N5O15P/c1-9-33-69-55(65)72-37-47(75-56(66)70-34-10-2)36-71-51-50(77-78(74-35-17-31-58)62(39(3)4)40(5)6)48(76-53(51)61-32-30-49(60-54(61)64)59-52(63)41-18-13-11-14-19-41)38-73-57(42-20-15-12-16-21-42,43-22-26-45(67-7)27-23-43)44-24-28-46(68-8)29-25-44/h9-16,18-30,32,39-40,47-48,50-51,53H,1-2,17,33-38H2,3-8H3,(H,59,60,63,64)/t47?,48-,50-,51-,53-,78?/m1/s1. The summed E-state index contributed by atoms with van der Waals surface area (Å²) in [5.41, 5.74) is 0.242. The van der Waals surface area contributed by atoms with Gasteiger partial charge in [-0.25, -0.2) is 19.1 Å². The van der Waals surface area contributed by atoms with Gasteiger partial charge in [0.25, 0.3) is 14.4 Å². The SMILES string of the molecule is C=CCOC(=O)OCC(CO[C@@H]1[C@H](OP(OCCC#N)N(C(C)C)C(C)C)[C@@H](COC(c2ccccc2)(c2ccc(OC)cc2)c2ccc(OC)cc2)O[C@H]1n1ccc(NC(=O)c2ccccc2)nc1=O)OC(=O)OCC=C. The molecular weight excluding hydrogens is 1030 g/mol. The van der Waals surface area contributed by atoms with Crippen molar-refractivity contribution in [2.75, 3.05) is 59.2 Å². The van der Waals surface area contributed by atoms with Gasteiger partial charge in [0.15, 0.2) is 12.3 Å². The quantitative estimate of drug-likeness (QED) is 0.0155. The van der Waals surface area contributed by atoms with Crippen molar-refractivity contribution in [3.63, 3.8) is 0 Å². The van der Waals surface area contributed by atoms with Crippen molar-refractivity contribution in [1.82, 2.24) is 14.2 Å². The lowest BCUT2D eigenvalue weighted by molar-refractivity contribution is -0.109. The van der Waals surface area contributed by atoms with Crippen LogP contribution in [0.15, 0.2) is 152 Å². The first-order chi connectivity index (χ1) is 37.8. The van der Waals surface area contributed by atoms with Gasteiger partial charge in [-0.3, -0.25) is 9.36 Å². The first kappa shape index (κ1) is 59.8. The molecule has 6 rings (SSSR count). The number of nitrogens with one attached hydrogen (secondary N) is 1. The molecule has 21 heteroatoms. The van der Waals surface area contributed by atoms with Crippen molar-refractivity contribution in [2.24, 2.45) is 0 Å². The number of rotatable bonds is 29. The number of anilines is 1. The summed E-state index contributed by atoms with van der Waals surface area (Å²) >= 11 is 0. The Hall–Kier alpha value is -7.47. The van der Waals surface area contributed by atoms with Crippen LogP contribution >= 0.6 is 8.53 Å². The van der Waals surface area contributed by atoms with Gasteiger partial charge in [0.05, 0.1) is 46.5 Å². The summed E-state index contributed by atoms with van der Waals surface area (Å²) < 4.78 is 70.2. The van der Waals surface area contributed by atoms with Crippen LogP contribution in [0.2, 0.25) is 0 Å². The highest BCUT2D eigenvalue weighted by atomic mass is 31.2. The smallest absolute Gasteiger partial charge is 0.497 e. The Bertz CT molecular complexity index is 2760. The molecular formula is C57H66N5O15P. The van der Waals surface area contributed by atoms with Gasteiger partial charge in [0.2, 0.25) is 0 Å². The van der Waals surface area contributed by atoms with E-state index in [4.69, 9.17) is 51.7 Å². The molecule has 0 radical (unpaired) electrons. The van der Waals surface area contributed by atoms with Gasteiger partial charge in [-0.15, -0.1) is 0 Å². The number of hydrogen-bond donors (Lipinski definition) is 1. The molecule has 1 fully saturated rings. The van der Waals surface area contributed by atoms with Gasteiger partial charge in [0, 0.05) is 23.8 Å². The molecule has 2 unspecified atom stereocenters. The lowest BCUT2D eigenvalue weighted by Crippen LogP contribution is -2.44. The molecule has 5 aromatic rings. The second kappa shape index (κ2) is 29.9. The molecule has 6 atom stereocenters. The largest absolute Gasteiger partial charge is 0.509 e. The van der Waals surface area contributed by atoms with Crippen LogP contribution in [0.25, 0.3) is 0 Å². The summed E-state index contributed by atoms with van der Waals surface area (Å²) in [6.45, 7) is 13.3. The van der Waals surface area contributed by atoms with E-state index in [9.17, 15) is 24.4 Å². The van der Waals surface area contributed by atoms with E-state index in [0.29, 0.717) is 28.2 Å². The summed E-state index contributed by atoms with van der Waals surface area (Å²) in [6, 6.07) is 36.1. The van der Waals surface area contributed by atoms with Crippen LogP contribution in [0, 0.1) is 11.3 Å². The monoisotopic (exact) mass is 1090 g/mol. The predicted octanol–water partition coefficient (Wildman–Crippen LogP) is 9.51. The van der Waals surface area contributed by atoms with Crippen molar-refractivity contribution in [3.8, 4) is 17.6 Å². The van der Waals surface area contributed by atoms with E-state index in [2.05, 4.69) is 29.5 Å². The van der Waals surface area contributed by atoms with Crippen LogP contribution in [0.5, 0.6) is 11.5 Å². The maximum atomic E-state index is 14.5. The number of aromatic nitrogens is 2. The van der Waals surface area contributed by atoms with Crippen molar-refractivity contribution in [1.29, 1.82) is 5.26 Å². The number of methoxy groups -OCH3 is 2. The second-order valence-corrected chi connectivity index (χ2v) is 19.3. The molecule has 0 saturated carbocycles. The third kappa shape index (κ3) is 15.8. The number of carbonyl (C=O) groups excluding carboxylic acids is 3. The predicted molar refractivity (Wildman–Crippen MR) is 289 cm³/mol. The fraction of sp³-hybridized carbons (Fsp3) is 0.368. The lowest BCUT2D eigenvalue weighted by Gasteiger charge is -2.39. The van der Waals surface area contributed by atoms with Crippen LogP contribution < -0.4 is 20.5 Å². The minimum absolute atomic E-state index is 0.00450. The van der Waals surface area contributed by atoms with E-state index in [1.807, 2.05) is 111 Å². The van der Waals surface area contributed by atoms with Crippen molar-refractivity contribution in [3.05, 3.63) is 180 Å². The summed E-state index contributed by atoms with van der Waals surface area (Å²) in [5, 5.41) is 12.3. The van der Waals surface area contributed by atoms with Crippen LogP contribution in [0.1, 0.15) is 67.4 Å². The molecule has 1 aromatic heterocycles. The molecule has 1 aliphatic heterocycles. The fourth-order valence-electron chi connectivity index (χ4n) is 8.47. The van der Waals surface area contributed by atoms with Crippen molar-refractivity contribution >= 4 is 32.6 Å². The zero-order chi connectivity index (χ0) is 56.0. The average Bonchev–Trinajstić information content (AvgIpc) is 3.91. The third-order valence-corrected chi connectivity index (χ3v) is 14.1. The normalized spacial score (nSPS) is 16.9. The maximum absolute atomic E-state index is 14.5. The molecule has 0 bridgehead atoms. The van der Waals surface area contributed by atoms with E-state index in [1.54, 1.807) is 44.6 Å². The average molecular weight is 1090 g/mol. The fourth-order valence-corrected chi connectivity index (χ4v) is 10.2. The number of benzene rings is 4. The molecule has 414 valence electrons. The second-order valence-electron chi connectivity index (χ2n) is 17.9. The molecule has 1 saturated heterocycles. The van der Waals surface area contributed by atoms with Gasteiger partial charge in [-0.1, -0.05) is 98.1 Å². The maximum Gasteiger partial charge on any atom is 0.509 e. The lowest BCUT2D eigenvalue weighted by atomic mass is 9.80. The Morgan fingerprint density at radius 3 is 1.92 bits per heavy atom. The molecule has 0 spiro atoms. The van der Waals surface area contributed by atoms with E-state index >= 15 is 0 Å². The summed E-state index contributed by atoms with van der Waals surface area (Å²) in [4.78, 5) is 57.5. The van der Waals surface area contributed by atoms with Crippen LogP contribution in [0.3, 0.4) is 0 Å². The first-order valence-electron chi connectivity index (χ1n) is 25.1. The number of nitrogens with zero attached hydrogens (tertiary/aromatic N) is 4. The summed E-state index contributed by atoms with van der Waals surface area (Å²) in [5.74, 6) is 0.662. The Morgan fingerprint density at radius 2 is 1.37 bits per heavy atom. The van der Waals surface area contributed by atoms with Crippen LogP contribution in [-0.2, 0) is 47.8 Å². The minimum atomic E-state index is -2.08. The van der Waals surface area contributed by atoms with Crippen molar-refractivity contribution in [2.45, 2.75) is 82.4 Å². The Morgan fingerprint density at radius 1 is 0.795 bits per heavy atom. The van der Waals surface area contributed by atoms with Gasteiger partial charge in [0.1, 0.15) is 61.1 Å². The van der Waals surface area contributed by atoms with Gasteiger partial charge >= 0.3 is 18.0 Å². The highest BCUT2D eigenvalue weighted by Crippen LogP contribution is 2.51. The molecule has 1 amide bonds. The zero-order valence-corrected chi connectivity index (χ0v) is 45.4. The van der Waals surface area contributed by atoms with Gasteiger partial charge in [-0.05, 0) is 86.8 Å². The Labute approximate surface area is 455 Å². The molecule has 20 nitrogen and oxygen atoms in total. The molecule has 4 aromatic carbocycles. The molecule has 78 heavy (non-hydrogen) atoms. The zero-order valence-electron chi connectivity index (χ0n) is 44.5. The number of carbonyl (C=O) groups is 3. The molecule has 1 aliphatic rings. The van der Waals surface area contributed by atoms with Crippen molar-refractivity contribution < 1.29 is 66.1 Å². The van der Waals surface area contributed by atoms with Crippen LogP contribution in [0.4, 0.5) is 15.4 Å². The van der Waals surface area contributed by atoms with E-state index in [-0.39, 0.29) is 50.7 Å². The minimum Gasteiger partial charge on any atom is -0.497 e. The Kier molecular flexibility index (Phi) is 22.9.